The monoisotopic (exact) mass is 423 g/mol. The van der Waals surface area contributed by atoms with E-state index >= 15 is 0 Å². The van der Waals surface area contributed by atoms with Crippen LogP contribution in [0.2, 0.25) is 0 Å². The molecule has 0 saturated carbocycles. The van der Waals surface area contributed by atoms with Gasteiger partial charge in [-0.3, -0.25) is 4.79 Å². The van der Waals surface area contributed by atoms with Crippen LogP contribution in [0, 0.1) is 11.1 Å². The zero-order valence-corrected chi connectivity index (χ0v) is 16.6. The van der Waals surface area contributed by atoms with Gasteiger partial charge in [0.25, 0.3) is 0 Å². The summed E-state index contributed by atoms with van der Waals surface area (Å²) < 4.78 is 11.1. The van der Waals surface area contributed by atoms with E-state index in [-0.39, 0.29) is 34.6 Å². The number of piperidine rings is 1. The van der Waals surface area contributed by atoms with Crippen molar-refractivity contribution >= 4 is 21.7 Å². The van der Waals surface area contributed by atoms with E-state index in [0.29, 0.717) is 30.9 Å². The molecule has 4 atom stereocenters. The molecule has 0 amide bonds. The number of carbonyl (C=O) groups is 1. The van der Waals surface area contributed by atoms with Crippen LogP contribution < -0.4 is 4.74 Å². The molecule has 0 spiro atoms. The number of methoxy groups -OCH3 is 2. The number of Topliss-reactive ketones (excluding diaryl/α,β-unsaturated/α-hetero) is 1. The average molecular weight is 424 g/mol. The summed E-state index contributed by atoms with van der Waals surface area (Å²) in [5, 5.41) is 24.2. The molecule has 7 heteroatoms. The van der Waals surface area contributed by atoms with Gasteiger partial charge in [-0.2, -0.15) is 0 Å². The molecule has 1 fully saturated rings. The summed E-state index contributed by atoms with van der Waals surface area (Å²) in [6.07, 6.45) is 3.11. The molecule has 1 heterocycles. The smallest absolute Gasteiger partial charge is 0.197 e. The van der Waals surface area contributed by atoms with Crippen LogP contribution >= 0.6 is 15.9 Å². The Bertz CT molecular complexity index is 834. The normalized spacial score (nSPS) is 35.3. The summed E-state index contributed by atoms with van der Waals surface area (Å²) in [6, 6.07) is 1.51. The number of halogens is 1. The topological polar surface area (TPSA) is 78.8 Å². The first kappa shape index (κ1) is 17.8. The molecule has 3 aliphatic rings. The second kappa shape index (κ2) is 5.71. The fourth-order valence-electron chi connectivity index (χ4n) is 5.21. The zero-order chi connectivity index (χ0) is 18.9. The summed E-state index contributed by atoms with van der Waals surface area (Å²) in [6.45, 7) is 0.415. The average Bonchev–Trinajstić information content (AvgIpc) is 2.60. The van der Waals surface area contributed by atoms with Crippen molar-refractivity contribution in [3.05, 3.63) is 38.7 Å². The third-order valence-corrected chi connectivity index (χ3v) is 7.21. The number of phenolic OH excluding ortho intramolecular Hbond substituents is 1. The molecule has 1 N–H and O–H groups in total. The van der Waals surface area contributed by atoms with Crippen LogP contribution in [-0.4, -0.2) is 49.4 Å². The summed E-state index contributed by atoms with van der Waals surface area (Å²) in [7, 11) is 4.69. The molecule has 0 radical (unpaired) electrons. The van der Waals surface area contributed by atoms with E-state index in [2.05, 4.69) is 15.9 Å². The van der Waals surface area contributed by atoms with Crippen molar-refractivity contribution in [3.8, 4) is 11.5 Å². The van der Waals surface area contributed by atoms with Gasteiger partial charge in [-0.25, -0.2) is 0 Å². The maximum atomic E-state index is 13.2. The van der Waals surface area contributed by atoms with Crippen LogP contribution in [0.15, 0.2) is 22.4 Å². The highest BCUT2D eigenvalue weighted by Crippen LogP contribution is 2.60. The molecular formula is C19H22BrNO5. The Morgan fingerprint density at radius 3 is 2.77 bits per heavy atom. The Labute approximate surface area is 160 Å². The van der Waals surface area contributed by atoms with Crippen LogP contribution in [0.3, 0.4) is 0 Å². The Morgan fingerprint density at radius 2 is 2.12 bits per heavy atom. The Morgan fingerprint density at radius 1 is 1.38 bits per heavy atom. The first-order valence-corrected chi connectivity index (χ1v) is 9.48. The number of carbonyl (C=O) groups excluding carboxylic acids is 1. The van der Waals surface area contributed by atoms with Crippen molar-refractivity contribution in [2.45, 2.75) is 30.7 Å². The first-order valence-electron chi connectivity index (χ1n) is 8.69. The maximum Gasteiger partial charge on any atom is 0.197 e. The summed E-state index contributed by atoms with van der Waals surface area (Å²) >= 11 is 3.58. The van der Waals surface area contributed by atoms with Gasteiger partial charge in [0.05, 0.1) is 27.8 Å². The molecule has 1 saturated heterocycles. The lowest BCUT2D eigenvalue weighted by atomic mass is 9.53. The lowest BCUT2D eigenvalue weighted by molar-refractivity contribution is -0.898. The van der Waals surface area contributed by atoms with Gasteiger partial charge in [0, 0.05) is 40.6 Å². The number of phenols is 1. The van der Waals surface area contributed by atoms with Crippen molar-refractivity contribution in [2.75, 3.05) is 27.8 Å². The van der Waals surface area contributed by atoms with Gasteiger partial charge in [-0.1, -0.05) is 15.9 Å². The number of hydrogen-bond donors (Lipinski definition) is 1. The highest BCUT2D eigenvalue weighted by atomic mass is 79.9. The van der Waals surface area contributed by atoms with E-state index in [1.165, 1.54) is 14.2 Å². The molecule has 1 aliphatic heterocycles. The van der Waals surface area contributed by atoms with Gasteiger partial charge in [-0.15, -0.1) is 0 Å². The fourth-order valence-corrected chi connectivity index (χ4v) is 5.78. The summed E-state index contributed by atoms with van der Waals surface area (Å²) in [5.74, 6) is 0.529. The number of likely N-dealkylation sites (tertiary alicyclic amines) is 1. The number of rotatable bonds is 2. The Hall–Kier alpha value is -1.57. The highest BCUT2D eigenvalue weighted by Gasteiger charge is 2.60. The molecule has 1 aromatic carbocycles. The zero-order valence-electron chi connectivity index (χ0n) is 15.0. The van der Waals surface area contributed by atoms with Crippen molar-refractivity contribution in [1.82, 2.24) is 0 Å². The SMILES string of the molecule is COC1=C[C@H]2[C@H]3Cc4c(Br)cc(OC)c(O)c4[C@@]2(CC[N+]3(C)[O-])CC1=O. The third kappa shape index (κ3) is 2.20. The van der Waals surface area contributed by atoms with Crippen molar-refractivity contribution in [2.24, 2.45) is 5.92 Å². The number of benzene rings is 1. The van der Waals surface area contributed by atoms with Gasteiger partial charge >= 0.3 is 0 Å². The van der Waals surface area contributed by atoms with Gasteiger partial charge in [0.2, 0.25) is 0 Å². The van der Waals surface area contributed by atoms with Gasteiger partial charge < -0.3 is 24.4 Å². The van der Waals surface area contributed by atoms with Crippen LogP contribution in [0.1, 0.15) is 24.0 Å². The molecule has 6 nitrogen and oxygen atoms in total. The minimum Gasteiger partial charge on any atom is -0.633 e. The number of aromatic hydroxyl groups is 1. The second-order valence-electron chi connectivity index (χ2n) is 7.70. The van der Waals surface area contributed by atoms with Crippen LogP contribution in [0.5, 0.6) is 11.5 Å². The number of allylic oxidation sites excluding steroid dienone is 1. The van der Waals surface area contributed by atoms with Crippen LogP contribution in [-0.2, 0) is 21.4 Å². The number of fused-ring (bicyclic) bond motifs is 1. The molecule has 26 heavy (non-hydrogen) atoms. The number of hydrogen-bond acceptors (Lipinski definition) is 5. The molecule has 1 unspecified atom stereocenters. The molecular weight excluding hydrogens is 402 g/mol. The van der Waals surface area contributed by atoms with Crippen molar-refractivity contribution in [3.63, 3.8) is 0 Å². The van der Waals surface area contributed by atoms with Crippen LogP contribution in [0.25, 0.3) is 0 Å². The predicted octanol–water partition coefficient (Wildman–Crippen LogP) is 2.79. The number of hydroxylamine groups is 3. The quantitative estimate of drug-likeness (QED) is 0.584. The Kier molecular flexibility index (Phi) is 3.92. The van der Waals surface area contributed by atoms with Gasteiger partial charge in [0.1, 0.15) is 6.04 Å². The number of ether oxygens (including phenoxy) is 2. The lowest BCUT2D eigenvalue weighted by Crippen LogP contribution is -2.66. The van der Waals surface area contributed by atoms with Crippen molar-refractivity contribution < 1.29 is 24.0 Å². The number of nitrogens with zero attached hydrogens (tertiary/aromatic N) is 1. The summed E-state index contributed by atoms with van der Waals surface area (Å²) in [4.78, 5) is 12.7. The second-order valence-corrected chi connectivity index (χ2v) is 8.55. The first-order chi connectivity index (χ1) is 12.2. The van der Waals surface area contributed by atoms with Gasteiger partial charge in [0.15, 0.2) is 23.0 Å². The molecule has 140 valence electrons. The van der Waals surface area contributed by atoms with Crippen LogP contribution in [0.4, 0.5) is 0 Å². The highest BCUT2D eigenvalue weighted by molar-refractivity contribution is 9.10. The number of quaternary nitrogens is 1. The molecule has 2 bridgehead atoms. The van der Waals surface area contributed by atoms with Gasteiger partial charge in [-0.05, 0) is 17.7 Å². The standard InChI is InChI=1S/C19H22BrNO5/c1-21(24)5-4-19-9-14(22)15(25-2)7-11(19)13(21)6-10-12(20)8-16(26-3)18(23)17(10)19/h7-8,11,13,23H,4-6,9H2,1-3H3/t11-,13+,19-,21?/m0/s1. The van der Waals surface area contributed by atoms with E-state index in [1.807, 2.05) is 6.08 Å². The minimum atomic E-state index is -0.597. The minimum absolute atomic E-state index is 0.0817. The predicted molar refractivity (Wildman–Crippen MR) is 98.8 cm³/mol. The molecule has 4 rings (SSSR count). The van der Waals surface area contributed by atoms with E-state index < -0.39 is 5.41 Å². The molecule has 1 aromatic rings. The number of likely N-dealkylation sites (N-methyl/N-ethyl adjacent to an activating group) is 1. The lowest BCUT2D eigenvalue weighted by Gasteiger charge is -2.61. The van der Waals surface area contributed by atoms with E-state index in [9.17, 15) is 15.1 Å². The van der Waals surface area contributed by atoms with Crippen molar-refractivity contribution in [1.29, 1.82) is 0 Å². The van der Waals surface area contributed by atoms with E-state index in [1.54, 1.807) is 13.1 Å². The molecule has 2 aliphatic carbocycles. The van der Waals surface area contributed by atoms with E-state index in [0.717, 1.165) is 15.6 Å². The number of ketones is 1. The molecule has 0 aromatic heterocycles. The maximum absolute atomic E-state index is 13.2. The van der Waals surface area contributed by atoms with E-state index in [4.69, 9.17) is 9.47 Å². The largest absolute Gasteiger partial charge is 0.633 e. The third-order valence-electron chi connectivity index (χ3n) is 6.51. The fraction of sp³-hybridized carbons (Fsp3) is 0.526. The summed E-state index contributed by atoms with van der Waals surface area (Å²) in [5.41, 5.74) is 1.07. The Balaban J connectivity index is 2.03.